The number of amides is 1. The van der Waals surface area contributed by atoms with Gasteiger partial charge in [0.25, 0.3) is 0 Å². The van der Waals surface area contributed by atoms with Crippen LogP contribution in [0.2, 0.25) is 0 Å². The van der Waals surface area contributed by atoms with Crippen molar-refractivity contribution in [2.45, 2.75) is 31.7 Å². The van der Waals surface area contributed by atoms with Crippen molar-refractivity contribution >= 4 is 5.91 Å². The molecule has 1 amide bonds. The van der Waals surface area contributed by atoms with Crippen LogP contribution in [0.1, 0.15) is 12.0 Å². The normalized spacial score (nSPS) is 21.0. The molecule has 1 aliphatic rings. The Bertz CT molecular complexity index is 601. The maximum atomic E-state index is 12.1. The fraction of sp³-hybridized carbons (Fsp3) is 0.412. The molecule has 6 heteroatoms. The number of hydrogen-bond donors (Lipinski definition) is 1. The molecule has 1 aromatic carbocycles. The number of ether oxygens (including phenoxy) is 2. The Labute approximate surface area is 135 Å². The lowest BCUT2D eigenvalue weighted by Gasteiger charge is -2.32. The first kappa shape index (κ1) is 15.7. The highest BCUT2D eigenvalue weighted by Crippen LogP contribution is 2.14. The van der Waals surface area contributed by atoms with Gasteiger partial charge in [-0.25, -0.2) is 4.98 Å². The van der Waals surface area contributed by atoms with Crippen molar-refractivity contribution < 1.29 is 14.3 Å². The third kappa shape index (κ3) is 4.64. The second kappa shape index (κ2) is 7.89. The van der Waals surface area contributed by atoms with Crippen molar-refractivity contribution in [1.29, 1.82) is 0 Å². The molecule has 0 spiro atoms. The average Bonchev–Trinajstić information content (AvgIpc) is 3.08. The van der Waals surface area contributed by atoms with E-state index in [2.05, 4.69) is 10.3 Å². The fourth-order valence-corrected chi connectivity index (χ4v) is 2.63. The largest absolute Gasteiger partial charge is 0.379 e. The van der Waals surface area contributed by atoms with E-state index in [-0.39, 0.29) is 24.6 Å². The molecule has 0 saturated carbocycles. The van der Waals surface area contributed by atoms with Crippen LogP contribution in [0.5, 0.6) is 0 Å². The van der Waals surface area contributed by atoms with E-state index < -0.39 is 0 Å². The summed E-state index contributed by atoms with van der Waals surface area (Å²) in [5.41, 5.74) is 1.13. The smallest absolute Gasteiger partial charge is 0.240 e. The van der Waals surface area contributed by atoms with Crippen LogP contribution in [-0.2, 0) is 27.4 Å². The Morgan fingerprint density at radius 3 is 3.04 bits per heavy atom. The summed E-state index contributed by atoms with van der Waals surface area (Å²) in [6.07, 6.45) is 5.79. The van der Waals surface area contributed by atoms with Crippen LogP contribution >= 0.6 is 0 Å². The van der Waals surface area contributed by atoms with Crippen molar-refractivity contribution in [2.24, 2.45) is 0 Å². The average molecular weight is 315 g/mol. The van der Waals surface area contributed by atoms with Crippen LogP contribution in [0.4, 0.5) is 0 Å². The molecule has 0 bridgehead atoms. The number of benzene rings is 1. The SMILES string of the molecule is O=C(Cn1ccnc1)N[C@@H]1COCC[C@@H]1OCc1ccccc1. The standard InChI is InChI=1S/C17H21N3O3/c21-17(10-20-8-7-18-13-20)19-15-12-22-9-6-16(15)23-11-14-4-2-1-3-5-14/h1-5,7-8,13,15-16H,6,9-12H2,(H,19,21)/t15-,16+/m1/s1. The molecule has 0 radical (unpaired) electrons. The van der Waals surface area contributed by atoms with Gasteiger partial charge in [0.1, 0.15) is 6.54 Å². The lowest BCUT2D eigenvalue weighted by atomic mass is 10.1. The van der Waals surface area contributed by atoms with Gasteiger partial charge in [-0.3, -0.25) is 4.79 Å². The number of carbonyl (C=O) groups excluding carboxylic acids is 1. The number of imidazole rings is 1. The summed E-state index contributed by atoms with van der Waals surface area (Å²) < 4.78 is 13.2. The molecule has 0 aliphatic carbocycles. The highest BCUT2D eigenvalue weighted by molar-refractivity contribution is 5.76. The molecule has 0 unspecified atom stereocenters. The Hall–Kier alpha value is -2.18. The molecule has 1 aliphatic heterocycles. The molecule has 6 nitrogen and oxygen atoms in total. The third-order valence-electron chi connectivity index (χ3n) is 3.83. The predicted molar refractivity (Wildman–Crippen MR) is 84.6 cm³/mol. The summed E-state index contributed by atoms with van der Waals surface area (Å²) in [5, 5.41) is 3.01. The van der Waals surface area contributed by atoms with E-state index in [1.54, 1.807) is 23.3 Å². The van der Waals surface area contributed by atoms with Gasteiger partial charge in [-0.1, -0.05) is 30.3 Å². The van der Waals surface area contributed by atoms with Crippen molar-refractivity contribution in [3.8, 4) is 0 Å². The van der Waals surface area contributed by atoms with Gasteiger partial charge in [-0.2, -0.15) is 0 Å². The minimum Gasteiger partial charge on any atom is -0.379 e. The minimum absolute atomic E-state index is 0.0318. The second-order valence-corrected chi connectivity index (χ2v) is 5.61. The summed E-state index contributed by atoms with van der Waals surface area (Å²) in [6, 6.07) is 9.92. The van der Waals surface area contributed by atoms with Crippen LogP contribution < -0.4 is 5.32 Å². The van der Waals surface area contributed by atoms with E-state index in [4.69, 9.17) is 9.47 Å². The van der Waals surface area contributed by atoms with E-state index in [9.17, 15) is 4.79 Å². The molecule has 23 heavy (non-hydrogen) atoms. The van der Waals surface area contributed by atoms with Crippen LogP contribution in [0, 0.1) is 0 Å². The van der Waals surface area contributed by atoms with Gasteiger partial charge in [0, 0.05) is 19.0 Å². The Morgan fingerprint density at radius 2 is 2.26 bits per heavy atom. The molecule has 3 rings (SSSR count). The summed E-state index contributed by atoms with van der Waals surface area (Å²) in [7, 11) is 0. The van der Waals surface area contributed by atoms with E-state index in [1.165, 1.54) is 0 Å². The fourth-order valence-electron chi connectivity index (χ4n) is 2.63. The molecular formula is C17H21N3O3. The van der Waals surface area contributed by atoms with E-state index in [0.717, 1.165) is 12.0 Å². The van der Waals surface area contributed by atoms with Crippen LogP contribution in [0.3, 0.4) is 0 Å². The van der Waals surface area contributed by atoms with E-state index in [0.29, 0.717) is 19.8 Å². The molecule has 122 valence electrons. The molecule has 2 atom stereocenters. The highest BCUT2D eigenvalue weighted by atomic mass is 16.5. The highest BCUT2D eigenvalue weighted by Gasteiger charge is 2.28. The van der Waals surface area contributed by atoms with Gasteiger partial charge in [0.05, 0.1) is 31.7 Å². The first-order chi connectivity index (χ1) is 11.3. The van der Waals surface area contributed by atoms with Crippen molar-refractivity contribution in [3.05, 3.63) is 54.6 Å². The number of carbonyl (C=O) groups is 1. The minimum atomic E-state index is -0.122. The number of aromatic nitrogens is 2. The second-order valence-electron chi connectivity index (χ2n) is 5.61. The molecule has 1 saturated heterocycles. The molecule has 2 heterocycles. The number of rotatable bonds is 6. The first-order valence-electron chi connectivity index (χ1n) is 7.79. The summed E-state index contributed by atoms with van der Waals surface area (Å²) in [6.45, 7) is 1.93. The zero-order valence-corrected chi connectivity index (χ0v) is 12.9. The molecule has 1 N–H and O–H groups in total. The molecular weight excluding hydrogens is 294 g/mol. The maximum Gasteiger partial charge on any atom is 0.240 e. The van der Waals surface area contributed by atoms with Gasteiger partial charge >= 0.3 is 0 Å². The molecule has 2 aromatic rings. The van der Waals surface area contributed by atoms with Gasteiger partial charge in [-0.15, -0.1) is 0 Å². The number of hydrogen-bond acceptors (Lipinski definition) is 4. The van der Waals surface area contributed by atoms with Crippen molar-refractivity contribution in [2.75, 3.05) is 13.2 Å². The molecule has 1 aromatic heterocycles. The Balaban J connectivity index is 1.52. The topological polar surface area (TPSA) is 65.4 Å². The van der Waals surface area contributed by atoms with Crippen molar-refractivity contribution in [3.63, 3.8) is 0 Å². The Morgan fingerprint density at radius 1 is 1.39 bits per heavy atom. The zero-order valence-electron chi connectivity index (χ0n) is 12.9. The number of nitrogens with zero attached hydrogens (tertiary/aromatic N) is 2. The summed E-state index contributed by atoms with van der Waals surface area (Å²) in [4.78, 5) is 16.1. The van der Waals surface area contributed by atoms with Gasteiger partial charge < -0.3 is 19.4 Å². The van der Waals surface area contributed by atoms with E-state index >= 15 is 0 Å². The van der Waals surface area contributed by atoms with Gasteiger partial charge in [-0.05, 0) is 12.0 Å². The van der Waals surface area contributed by atoms with Crippen LogP contribution in [0.25, 0.3) is 0 Å². The predicted octanol–water partition coefficient (Wildman–Crippen LogP) is 1.37. The van der Waals surface area contributed by atoms with E-state index in [1.807, 2.05) is 30.3 Å². The van der Waals surface area contributed by atoms with Crippen LogP contribution in [0.15, 0.2) is 49.1 Å². The lowest BCUT2D eigenvalue weighted by molar-refractivity contribution is -0.127. The maximum absolute atomic E-state index is 12.1. The lowest BCUT2D eigenvalue weighted by Crippen LogP contribution is -2.51. The quantitative estimate of drug-likeness (QED) is 0.874. The van der Waals surface area contributed by atoms with Gasteiger partial charge in [0.2, 0.25) is 5.91 Å². The summed E-state index contributed by atoms with van der Waals surface area (Å²) >= 11 is 0. The number of nitrogens with one attached hydrogen (secondary N) is 1. The molecule has 1 fully saturated rings. The summed E-state index contributed by atoms with van der Waals surface area (Å²) in [5.74, 6) is -0.0631. The van der Waals surface area contributed by atoms with Crippen molar-refractivity contribution in [1.82, 2.24) is 14.9 Å². The third-order valence-corrected chi connectivity index (χ3v) is 3.83. The zero-order chi connectivity index (χ0) is 15.9. The first-order valence-corrected chi connectivity index (χ1v) is 7.79. The monoisotopic (exact) mass is 315 g/mol. The van der Waals surface area contributed by atoms with Crippen LogP contribution in [-0.4, -0.2) is 40.8 Å². The Kier molecular flexibility index (Phi) is 5.39. The van der Waals surface area contributed by atoms with Gasteiger partial charge in [0.15, 0.2) is 0 Å².